The molecule has 0 amide bonds. The van der Waals surface area contributed by atoms with E-state index in [1.807, 2.05) is 23.6 Å². The van der Waals surface area contributed by atoms with Gasteiger partial charge in [0.2, 0.25) is 0 Å². The highest BCUT2D eigenvalue weighted by molar-refractivity contribution is 7.17. The minimum Gasteiger partial charge on any atom is -0.370 e. The minimum absolute atomic E-state index is 0.146. The van der Waals surface area contributed by atoms with Gasteiger partial charge in [0.1, 0.15) is 6.10 Å². The number of carbonyl (C=O) groups is 1. The van der Waals surface area contributed by atoms with Crippen molar-refractivity contribution in [3.8, 4) is 0 Å². The van der Waals surface area contributed by atoms with Crippen molar-refractivity contribution in [3.05, 3.63) is 35.2 Å². The predicted octanol–water partition coefficient (Wildman–Crippen LogP) is 3.51. The molecule has 2 heterocycles. The van der Waals surface area contributed by atoms with E-state index >= 15 is 0 Å². The smallest absolute Gasteiger partial charge is 0.193 e. The van der Waals surface area contributed by atoms with Gasteiger partial charge in [-0.05, 0) is 18.4 Å². The van der Waals surface area contributed by atoms with Crippen molar-refractivity contribution < 1.29 is 9.53 Å². The van der Waals surface area contributed by atoms with Gasteiger partial charge in [-0.3, -0.25) is 4.79 Å². The molecule has 1 aromatic heterocycles. The van der Waals surface area contributed by atoms with Gasteiger partial charge in [-0.25, -0.2) is 0 Å². The third kappa shape index (κ3) is 1.79. The van der Waals surface area contributed by atoms with Crippen LogP contribution in [0.4, 0.5) is 0 Å². The Morgan fingerprint density at radius 2 is 2.24 bits per heavy atom. The van der Waals surface area contributed by atoms with Gasteiger partial charge >= 0.3 is 0 Å². The quantitative estimate of drug-likeness (QED) is 0.758. The summed E-state index contributed by atoms with van der Waals surface area (Å²) >= 11 is 1.63. The molecule has 1 aliphatic rings. The molecule has 88 valence electrons. The molecule has 0 spiro atoms. The van der Waals surface area contributed by atoms with Gasteiger partial charge in [-0.15, -0.1) is 11.3 Å². The monoisotopic (exact) mass is 246 g/mol. The summed E-state index contributed by atoms with van der Waals surface area (Å²) in [4.78, 5) is 12.4. The lowest BCUT2D eigenvalue weighted by Gasteiger charge is -2.12. The zero-order valence-electron chi connectivity index (χ0n) is 9.68. The standard InChI is InChI=1S/C14H14O2S/c1-9-6-7-16-14(9)13(15)11-8-17-12-5-3-2-4-10(11)12/h2-5,8-9,14H,6-7H2,1H3. The molecular formula is C14H14O2S. The van der Waals surface area contributed by atoms with Gasteiger partial charge in [-0.1, -0.05) is 25.1 Å². The molecule has 3 rings (SSSR count). The van der Waals surface area contributed by atoms with Crippen molar-refractivity contribution in [2.24, 2.45) is 5.92 Å². The third-order valence-electron chi connectivity index (χ3n) is 3.39. The second-order valence-electron chi connectivity index (χ2n) is 4.57. The molecule has 2 unspecified atom stereocenters. The number of thiophene rings is 1. The largest absolute Gasteiger partial charge is 0.370 e. The molecule has 0 saturated carbocycles. The van der Waals surface area contributed by atoms with Crippen LogP contribution in [0.15, 0.2) is 29.6 Å². The first-order valence-electron chi connectivity index (χ1n) is 5.89. The third-order valence-corrected chi connectivity index (χ3v) is 4.36. The van der Waals surface area contributed by atoms with E-state index in [1.54, 1.807) is 11.3 Å². The molecule has 17 heavy (non-hydrogen) atoms. The number of rotatable bonds is 2. The van der Waals surface area contributed by atoms with E-state index in [-0.39, 0.29) is 11.9 Å². The van der Waals surface area contributed by atoms with E-state index in [1.165, 1.54) is 4.70 Å². The molecule has 0 radical (unpaired) electrons. The molecule has 3 heteroatoms. The Labute approximate surface area is 104 Å². The fraction of sp³-hybridized carbons (Fsp3) is 0.357. The zero-order valence-corrected chi connectivity index (χ0v) is 10.5. The van der Waals surface area contributed by atoms with Crippen LogP contribution in [0.1, 0.15) is 23.7 Å². The lowest BCUT2D eigenvalue weighted by Crippen LogP contribution is -2.24. The number of hydrogen-bond acceptors (Lipinski definition) is 3. The number of Topliss-reactive ketones (excluding diaryl/α,β-unsaturated/α-hetero) is 1. The summed E-state index contributed by atoms with van der Waals surface area (Å²) in [5, 5.41) is 3.02. The van der Waals surface area contributed by atoms with Gasteiger partial charge in [0.25, 0.3) is 0 Å². The summed E-state index contributed by atoms with van der Waals surface area (Å²) < 4.78 is 6.72. The topological polar surface area (TPSA) is 26.3 Å². The van der Waals surface area contributed by atoms with E-state index in [0.717, 1.165) is 17.4 Å². The Hall–Kier alpha value is -1.19. The van der Waals surface area contributed by atoms with E-state index < -0.39 is 0 Å². The Morgan fingerprint density at radius 3 is 3.00 bits per heavy atom. The van der Waals surface area contributed by atoms with Crippen LogP contribution in [0.2, 0.25) is 0 Å². The molecule has 0 bridgehead atoms. The molecule has 1 aromatic carbocycles. The maximum absolute atomic E-state index is 12.4. The van der Waals surface area contributed by atoms with Crippen molar-refractivity contribution in [2.45, 2.75) is 19.4 Å². The highest BCUT2D eigenvalue weighted by Crippen LogP contribution is 2.30. The normalized spacial score (nSPS) is 24.3. The lowest BCUT2D eigenvalue weighted by atomic mass is 9.96. The Morgan fingerprint density at radius 1 is 1.41 bits per heavy atom. The highest BCUT2D eigenvalue weighted by Gasteiger charge is 2.32. The number of benzene rings is 1. The summed E-state index contributed by atoms with van der Waals surface area (Å²) in [6.45, 7) is 2.80. The average molecular weight is 246 g/mol. The second kappa shape index (κ2) is 4.24. The molecule has 0 aliphatic carbocycles. The SMILES string of the molecule is CC1CCOC1C(=O)c1csc2ccccc12. The van der Waals surface area contributed by atoms with Crippen LogP contribution < -0.4 is 0 Å². The summed E-state index contributed by atoms with van der Waals surface area (Å²) in [6, 6.07) is 8.04. The van der Waals surface area contributed by atoms with Gasteiger partial charge in [0.05, 0.1) is 0 Å². The molecule has 2 nitrogen and oxygen atoms in total. The zero-order chi connectivity index (χ0) is 11.8. The van der Waals surface area contributed by atoms with Crippen molar-refractivity contribution in [2.75, 3.05) is 6.61 Å². The number of ether oxygens (including phenoxy) is 1. The number of fused-ring (bicyclic) bond motifs is 1. The summed E-state index contributed by atoms with van der Waals surface area (Å²) in [5.41, 5.74) is 0.823. The summed E-state index contributed by atoms with van der Waals surface area (Å²) in [5.74, 6) is 0.480. The maximum Gasteiger partial charge on any atom is 0.193 e. The van der Waals surface area contributed by atoms with E-state index in [2.05, 4.69) is 13.0 Å². The van der Waals surface area contributed by atoms with Crippen LogP contribution in [0.5, 0.6) is 0 Å². The second-order valence-corrected chi connectivity index (χ2v) is 5.48. The average Bonchev–Trinajstić information content (AvgIpc) is 2.94. The van der Waals surface area contributed by atoms with Crippen molar-refractivity contribution in [1.29, 1.82) is 0 Å². The highest BCUT2D eigenvalue weighted by atomic mass is 32.1. The molecule has 0 N–H and O–H groups in total. The molecule has 1 aliphatic heterocycles. The summed E-state index contributed by atoms with van der Waals surface area (Å²) in [6.07, 6.45) is 0.742. The minimum atomic E-state index is -0.243. The van der Waals surface area contributed by atoms with E-state index in [9.17, 15) is 4.79 Å². The van der Waals surface area contributed by atoms with Crippen LogP contribution in [-0.4, -0.2) is 18.5 Å². The fourth-order valence-electron chi connectivity index (χ4n) is 2.35. The van der Waals surface area contributed by atoms with Crippen LogP contribution in [-0.2, 0) is 4.74 Å². The number of ketones is 1. The van der Waals surface area contributed by atoms with Gasteiger partial charge in [-0.2, -0.15) is 0 Å². The van der Waals surface area contributed by atoms with Gasteiger partial charge in [0.15, 0.2) is 5.78 Å². The van der Waals surface area contributed by atoms with E-state index in [0.29, 0.717) is 12.5 Å². The Bertz CT molecular complexity index is 558. The first-order valence-corrected chi connectivity index (χ1v) is 6.77. The fourth-order valence-corrected chi connectivity index (χ4v) is 3.30. The molecule has 2 aromatic rings. The first kappa shape index (κ1) is 10.9. The van der Waals surface area contributed by atoms with Gasteiger partial charge < -0.3 is 4.74 Å². The van der Waals surface area contributed by atoms with Crippen LogP contribution in [0, 0.1) is 5.92 Å². The first-order chi connectivity index (χ1) is 8.27. The molecule has 1 fully saturated rings. The van der Waals surface area contributed by atoms with Crippen molar-refractivity contribution in [3.63, 3.8) is 0 Å². The predicted molar refractivity (Wildman–Crippen MR) is 69.7 cm³/mol. The number of carbonyl (C=O) groups excluding carboxylic acids is 1. The molecule has 2 atom stereocenters. The van der Waals surface area contributed by atoms with Crippen LogP contribution in [0.3, 0.4) is 0 Å². The van der Waals surface area contributed by atoms with Gasteiger partial charge in [0, 0.05) is 27.6 Å². The molecule has 1 saturated heterocycles. The number of hydrogen-bond donors (Lipinski definition) is 0. The van der Waals surface area contributed by atoms with E-state index in [4.69, 9.17) is 4.74 Å². The van der Waals surface area contributed by atoms with Crippen molar-refractivity contribution >= 4 is 27.2 Å². The van der Waals surface area contributed by atoms with Crippen molar-refractivity contribution in [1.82, 2.24) is 0 Å². The maximum atomic E-state index is 12.4. The van der Waals surface area contributed by atoms with Crippen LogP contribution >= 0.6 is 11.3 Å². The Kier molecular flexibility index (Phi) is 2.73. The summed E-state index contributed by atoms with van der Waals surface area (Å²) in [7, 11) is 0. The lowest BCUT2D eigenvalue weighted by molar-refractivity contribution is 0.0581. The Balaban J connectivity index is 2.01. The van der Waals surface area contributed by atoms with Crippen LogP contribution in [0.25, 0.3) is 10.1 Å². The molecular weight excluding hydrogens is 232 g/mol.